The highest BCUT2D eigenvalue weighted by Gasteiger charge is 2.39. The van der Waals surface area contributed by atoms with Crippen molar-refractivity contribution in [1.29, 1.82) is 0 Å². The molecule has 0 saturated carbocycles. The molecule has 9 nitrogen and oxygen atoms in total. The van der Waals surface area contributed by atoms with Crippen LogP contribution in [0.15, 0.2) is 30.3 Å². The van der Waals surface area contributed by atoms with Crippen LogP contribution >= 0.6 is 0 Å². The van der Waals surface area contributed by atoms with Crippen LogP contribution in [0, 0.1) is 12.1 Å². The third-order valence-electron chi connectivity index (χ3n) is 5.62. The molecule has 2 aromatic rings. The van der Waals surface area contributed by atoms with Crippen LogP contribution in [0.5, 0.6) is 5.75 Å². The monoisotopic (exact) mass is 434 g/mol. The van der Waals surface area contributed by atoms with E-state index in [1.165, 1.54) is 9.80 Å². The second-order valence-electron chi connectivity index (χ2n) is 7.70. The first-order chi connectivity index (χ1) is 15.4. The van der Waals surface area contributed by atoms with E-state index in [9.17, 15) is 19.2 Å². The number of methoxy groups -OCH3 is 1. The molecule has 2 aliphatic rings. The molecule has 2 aliphatic heterocycles. The number of ether oxygens (including phenoxy) is 1. The van der Waals surface area contributed by atoms with Gasteiger partial charge in [0.25, 0.3) is 5.91 Å². The molecule has 5 amide bonds. The predicted octanol–water partition coefficient (Wildman–Crippen LogP) is 1.72. The highest BCUT2D eigenvalue weighted by atomic mass is 16.5. The Balaban J connectivity index is 1.46. The van der Waals surface area contributed by atoms with Crippen LogP contribution in [0.1, 0.15) is 34.3 Å². The summed E-state index contributed by atoms with van der Waals surface area (Å²) in [5.41, 5.74) is 2.42. The van der Waals surface area contributed by atoms with Gasteiger partial charge in [-0.05, 0) is 36.2 Å². The van der Waals surface area contributed by atoms with Crippen LogP contribution in [0.2, 0.25) is 0 Å². The van der Waals surface area contributed by atoms with Crippen molar-refractivity contribution in [1.82, 2.24) is 15.1 Å². The average Bonchev–Trinajstić information content (AvgIpc) is 3.11. The van der Waals surface area contributed by atoms with Crippen LogP contribution in [0.4, 0.5) is 10.5 Å². The number of anilines is 1. The quantitative estimate of drug-likeness (QED) is 0.697. The number of hydrogen-bond acceptors (Lipinski definition) is 5. The fourth-order valence-corrected chi connectivity index (χ4v) is 3.86. The van der Waals surface area contributed by atoms with Gasteiger partial charge in [0, 0.05) is 37.3 Å². The van der Waals surface area contributed by atoms with Crippen molar-refractivity contribution in [2.45, 2.75) is 32.0 Å². The number of urea groups is 1. The molecule has 164 valence electrons. The van der Waals surface area contributed by atoms with Gasteiger partial charge >= 0.3 is 6.03 Å². The third-order valence-corrected chi connectivity index (χ3v) is 5.62. The number of carbonyl (C=O) groups excluding carboxylic acids is 4. The Kier molecular flexibility index (Phi) is 5.69. The number of piperidine rings is 1. The van der Waals surface area contributed by atoms with E-state index in [1.807, 2.05) is 0 Å². The van der Waals surface area contributed by atoms with Crippen molar-refractivity contribution < 1.29 is 23.9 Å². The van der Waals surface area contributed by atoms with Gasteiger partial charge in [0.2, 0.25) is 11.8 Å². The smallest absolute Gasteiger partial charge is 0.321 e. The molecule has 2 heterocycles. The Morgan fingerprint density at radius 2 is 2.03 bits per heavy atom. The minimum Gasteiger partial charge on any atom is -0.497 e. The molecule has 0 spiro atoms. The van der Waals surface area contributed by atoms with Crippen LogP contribution in [0.3, 0.4) is 0 Å². The van der Waals surface area contributed by atoms with Crippen molar-refractivity contribution in [3.63, 3.8) is 0 Å². The van der Waals surface area contributed by atoms with E-state index < -0.39 is 11.9 Å². The molecule has 1 atom stereocenters. The first kappa shape index (κ1) is 21.2. The predicted molar refractivity (Wildman–Crippen MR) is 114 cm³/mol. The Morgan fingerprint density at radius 3 is 2.72 bits per heavy atom. The first-order valence-corrected chi connectivity index (χ1v) is 10.1. The van der Waals surface area contributed by atoms with E-state index in [4.69, 9.17) is 4.74 Å². The van der Waals surface area contributed by atoms with Crippen LogP contribution in [-0.4, -0.2) is 53.8 Å². The fourth-order valence-electron chi connectivity index (χ4n) is 3.86. The minimum atomic E-state index is -0.698. The summed E-state index contributed by atoms with van der Waals surface area (Å²) in [6.45, 7) is 0.424. The summed E-state index contributed by atoms with van der Waals surface area (Å²) in [5.74, 6) is -0.395. The number of amides is 5. The summed E-state index contributed by atoms with van der Waals surface area (Å²) in [4.78, 5) is 52.2. The lowest BCUT2D eigenvalue weighted by Gasteiger charge is -2.29. The number of carbonyl (C=O) groups is 4. The van der Waals surface area contributed by atoms with Crippen LogP contribution in [0.25, 0.3) is 0 Å². The molecule has 2 N–H and O–H groups in total. The van der Waals surface area contributed by atoms with Gasteiger partial charge in [-0.25, -0.2) is 4.79 Å². The molecule has 32 heavy (non-hydrogen) atoms. The normalized spacial score (nSPS) is 17.4. The maximum Gasteiger partial charge on any atom is 0.321 e. The standard InChI is InChI=1S/C23H22N4O5/c1-26(23(31)24-15-6-8-16(32-2)9-7-15)12-14-4-3-5-17-18(14)13-27(22(17)30)19-10-11-20(28)25-21(19)29/h5-9,19H,10-13H2,1-2H3,(H,24,31)(H,25,28,29). The minimum absolute atomic E-state index is 0.190. The number of fused-ring (bicyclic) bond motifs is 1. The lowest BCUT2D eigenvalue weighted by Crippen LogP contribution is -2.52. The molecule has 1 unspecified atom stereocenters. The van der Waals surface area contributed by atoms with E-state index in [-0.39, 0.29) is 43.8 Å². The van der Waals surface area contributed by atoms with Gasteiger partial charge in [0.05, 0.1) is 19.2 Å². The molecule has 4 rings (SSSR count). The van der Waals surface area contributed by atoms with Gasteiger partial charge < -0.3 is 19.9 Å². The summed E-state index contributed by atoms with van der Waals surface area (Å²) in [5, 5.41) is 5.09. The van der Waals surface area contributed by atoms with Gasteiger partial charge in [0.1, 0.15) is 11.8 Å². The maximum absolute atomic E-state index is 12.9. The number of nitrogens with zero attached hydrogens (tertiary/aromatic N) is 2. The molecule has 0 bridgehead atoms. The summed E-state index contributed by atoms with van der Waals surface area (Å²) in [7, 11) is 3.21. The van der Waals surface area contributed by atoms with Crippen molar-refractivity contribution in [3.8, 4) is 5.75 Å². The van der Waals surface area contributed by atoms with Crippen molar-refractivity contribution in [2.75, 3.05) is 19.5 Å². The summed E-state index contributed by atoms with van der Waals surface area (Å²) >= 11 is 0. The van der Waals surface area contributed by atoms with Crippen molar-refractivity contribution >= 4 is 29.4 Å². The zero-order chi connectivity index (χ0) is 22.8. The number of rotatable bonds is 5. The second-order valence-corrected chi connectivity index (χ2v) is 7.70. The maximum atomic E-state index is 12.9. The summed E-state index contributed by atoms with van der Waals surface area (Å²) in [6.07, 6.45) is 0.479. The molecule has 1 saturated heterocycles. The third kappa shape index (κ3) is 4.07. The molecule has 9 heteroatoms. The fraction of sp³-hybridized carbons (Fsp3) is 0.304. The topological polar surface area (TPSA) is 108 Å². The van der Waals surface area contributed by atoms with Crippen LogP contribution < -0.4 is 15.4 Å². The number of nitrogens with one attached hydrogen (secondary N) is 2. The lowest BCUT2D eigenvalue weighted by molar-refractivity contribution is -0.136. The molecule has 0 aliphatic carbocycles. The van der Waals surface area contributed by atoms with E-state index in [1.54, 1.807) is 44.5 Å². The molecular formula is C23H22N4O5. The summed E-state index contributed by atoms with van der Waals surface area (Å²) < 4.78 is 5.11. The second kappa shape index (κ2) is 8.59. The zero-order valence-corrected chi connectivity index (χ0v) is 17.7. The van der Waals surface area contributed by atoms with Gasteiger partial charge in [0.15, 0.2) is 0 Å². The summed E-state index contributed by atoms with van der Waals surface area (Å²) in [6, 6.07) is 13.3. The largest absolute Gasteiger partial charge is 0.497 e. The highest BCUT2D eigenvalue weighted by molar-refractivity contribution is 6.05. The Labute approximate surface area is 185 Å². The molecule has 0 radical (unpaired) electrons. The molecule has 2 aromatic carbocycles. The van der Waals surface area contributed by atoms with E-state index >= 15 is 0 Å². The Morgan fingerprint density at radius 1 is 1.28 bits per heavy atom. The average molecular weight is 434 g/mol. The number of benzene rings is 1. The SMILES string of the molecule is COc1ccc(NC(=O)N(C)Cc2c#ccc3c2CN(C2CCC(=O)NC2=O)C3=O)cc1. The van der Waals surface area contributed by atoms with Gasteiger partial charge in [-0.1, -0.05) is 12.1 Å². The first-order valence-electron chi connectivity index (χ1n) is 10.1. The number of imide groups is 1. The van der Waals surface area contributed by atoms with Crippen molar-refractivity contribution in [3.05, 3.63) is 59.2 Å². The van der Waals surface area contributed by atoms with Gasteiger partial charge in [-0.15, -0.1) is 0 Å². The molecule has 0 aromatic heterocycles. The van der Waals surface area contributed by atoms with Gasteiger partial charge in [-0.2, -0.15) is 0 Å². The lowest BCUT2D eigenvalue weighted by atomic mass is 10.0. The molecular weight excluding hydrogens is 412 g/mol. The molecule has 1 fully saturated rings. The van der Waals surface area contributed by atoms with E-state index in [2.05, 4.69) is 22.8 Å². The Bertz CT molecular complexity index is 1080. The Hall–Kier alpha value is -4.06. The van der Waals surface area contributed by atoms with Gasteiger partial charge in [-0.3, -0.25) is 19.7 Å². The van der Waals surface area contributed by atoms with E-state index in [0.29, 0.717) is 28.1 Å². The van der Waals surface area contributed by atoms with Crippen molar-refractivity contribution in [2.24, 2.45) is 0 Å². The van der Waals surface area contributed by atoms with E-state index in [0.717, 1.165) is 0 Å². The highest BCUT2D eigenvalue weighted by Crippen LogP contribution is 2.29. The number of hydrogen-bond donors (Lipinski definition) is 2. The van der Waals surface area contributed by atoms with Crippen LogP contribution in [-0.2, 0) is 22.7 Å². The zero-order valence-electron chi connectivity index (χ0n) is 17.7.